The molecule has 1 aromatic carbocycles. The first kappa shape index (κ1) is 15.5. The first-order valence-electron chi connectivity index (χ1n) is 5.69. The van der Waals surface area contributed by atoms with Crippen molar-refractivity contribution in [3.63, 3.8) is 0 Å². The highest BCUT2D eigenvalue weighted by Crippen LogP contribution is 2.15. The molecule has 19 heavy (non-hydrogen) atoms. The average molecular weight is 286 g/mol. The van der Waals surface area contributed by atoms with Gasteiger partial charge in [-0.15, -0.1) is 0 Å². The van der Waals surface area contributed by atoms with Gasteiger partial charge in [0.15, 0.2) is 0 Å². The van der Waals surface area contributed by atoms with Gasteiger partial charge in [0, 0.05) is 18.8 Å². The molecule has 0 saturated heterocycles. The first-order valence-corrected chi connectivity index (χ1v) is 7.54. The summed E-state index contributed by atoms with van der Waals surface area (Å²) in [5.74, 6) is -1.03. The van der Waals surface area contributed by atoms with E-state index >= 15 is 0 Å². The van der Waals surface area contributed by atoms with Crippen molar-refractivity contribution in [2.75, 3.05) is 19.0 Å². The minimum Gasteiger partial charge on any atom is -0.481 e. The molecule has 7 heteroatoms. The summed E-state index contributed by atoms with van der Waals surface area (Å²) in [5, 5.41) is 8.88. The number of aliphatic carboxylic acids is 1. The Bertz CT molecular complexity index is 539. The fourth-order valence-electron chi connectivity index (χ4n) is 1.73. The van der Waals surface area contributed by atoms with Crippen molar-refractivity contribution in [2.24, 2.45) is 0 Å². The SMILES string of the molecule is CN([C@@H](CC(=O)O)Cc1ccc(N)cc1)S(C)(=O)=O. The van der Waals surface area contributed by atoms with Crippen LogP contribution < -0.4 is 5.73 Å². The number of carboxylic acid groups (broad SMARTS) is 1. The van der Waals surface area contributed by atoms with Crippen molar-refractivity contribution >= 4 is 21.7 Å². The number of benzene rings is 1. The standard InChI is InChI=1S/C12H18N2O4S/c1-14(19(2,17)18)11(8-12(15)16)7-9-3-5-10(13)6-4-9/h3-6,11H,7-8,13H2,1-2H3,(H,15,16)/t11-/m1/s1. The highest BCUT2D eigenvalue weighted by atomic mass is 32.2. The van der Waals surface area contributed by atoms with Crippen LogP contribution in [-0.2, 0) is 21.2 Å². The third kappa shape index (κ3) is 4.88. The molecule has 6 nitrogen and oxygen atoms in total. The second-order valence-corrected chi connectivity index (χ2v) is 6.52. The van der Waals surface area contributed by atoms with E-state index in [1.807, 2.05) is 0 Å². The monoisotopic (exact) mass is 286 g/mol. The number of rotatable bonds is 6. The fraction of sp³-hybridized carbons (Fsp3) is 0.417. The van der Waals surface area contributed by atoms with Crippen LogP contribution in [0.1, 0.15) is 12.0 Å². The molecule has 1 atom stereocenters. The van der Waals surface area contributed by atoms with Gasteiger partial charge in [0.25, 0.3) is 0 Å². The Morgan fingerprint density at radius 1 is 1.37 bits per heavy atom. The normalized spacial score (nSPS) is 13.4. The summed E-state index contributed by atoms with van der Waals surface area (Å²) in [6.07, 6.45) is 1.15. The fourth-order valence-corrected chi connectivity index (χ4v) is 2.42. The van der Waals surface area contributed by atoms with Crippen molar-refractivity contribution in [2.45, 2.75) is 18.9 Å². The van der Waals surface area contributed by atoms with E-state index in [9.17, 15) is 13.2 Å². The molecule has 0 spiro atoms. The van der Waals surface area contributed by atoms with Gasteiger partial charge in [-0.1, -0.05) is 12.1 Å². The third-order valence-electron chi connectivity index (χ3n) is 2.90. The van der Waals surface area contributed by atoms with Crippen LogP contribution in [0, 0.1) is 0 Å². The summed E-state index contributed by atoms with van der Waals surface area (Å²) < 4.78 is 24.1. The van der Waals surface area contributed by atoms with E-state index in [4.69, 9.17) is 10.8 Å². The summed E-state index contributed by atoms with van der Waals surface area (Å²) in [4.78, 5) is 10.8. The summed E-state index contributed by atoms with van der Waals surface area (Å²) in [7, 11) is -2.04. The second-order valence-electron chi connectivity index (χ2n) is 4.48. The largest absolute Gasteiger partial charge is 0.481 e. The van der Waals surface area contributed by atoms with Gasteiger partial charge in [0.2, 0.25) is 10.0 Å². The van der Waals surface area contributed by atoms with Gasteiger partial charge in [-0.25, -0.2) is 12.7 Å². The van der Waals surface area contributed by atoms with Gasteiger partial charge in [-0.2, -0.15) is 0 Å². The molecule has 0 fully saturated rings. The highest BCUT2D eigenvalue weighted by Gasteiger charge is 2.25. The maximum absolute atomic E-state index is 11.5. The molecule has 0 saturated carbocycles. The lowest BCUT2D eigenvalue weighted by Crippen LogP contribution is -2.39. The number of hydrogen-bond acceptors (Lipinski definition) is 4. The van der Waals surface area contributed by atoms with Crippen LogP contribution >= 0.6 is 0 Å². The minimum atomic E-state index is -3.43. The molecule has 0 aliphatic rings. The van der Waals surface area contributed by atoms with Crippen LogP contribution in [0.4, 0.5) is 5.69 Å². The Labute approximate surface area is 112 Å². The molecule has 0 amide bonds. The lowest BCUT2D eigenvalue weighted by atomic mass is 10.0. The Morgan fingerprint density at radius 3 is 2.32 bits per heavy atom. The Kier molecular flexibility index (Phi) is 4.90. The number of sulfonamides is 1. The molecule has 0 heterocycles. The predicted molar refractivity (Wildman–Crippen MR) is 73.2 cm³/mol. The Balaban J connectivity index is 2.92. The van der Waals surface area contributed by atoms with Crippen molar-refractivity contribution in [3.8, 4) is 0 Å². The molecule has 0 aliphatic heterocycles. The van der Waals surface area contributed by atoms with Gasteiger partial charge in [-0.05, 0) is 24.1 Å². The van der Waals surface area contributed by atoms with Gasteiger partial charge < -0.3 is 10.8 Å². The summed E-state index contributed by atoms with van der Waals surface area (Å²) >= 11 is 0. The van der Waals surface area contributed by atoms with Crippen LogP contribution in [0.3, 0.4) is 0 Å². The van der Waals surface area contributed by atoms with Gasteiger partial charge in [0.05, 0.1) is 12.7 Å². The molecule has 1 aromatic rings. The number of hydrogen-bond donors (Lipinski definition) is 2. The van der Waals surface area contributed by atoms with E-state index in [0.717, 1.165) is 16.1 Å². The second kappa shape index (κ2) is 6.03. The Morgan fingerprint density at radius 2 is 1.89 bits per heavy atom. The molecule has 0 aliphatic carbocycles. The molecule has 1 rings (SSSR count). The van der Waals surface area contributed by atoms with E-state index < -0.39 is 22.0 Å². The van der Waals surface area contributed by atoms with E-state index in [2.05, 4.69) is 0 Å². The number of nitrogens with zero attached hydrogens (tertiary/aromatic N) is 1. The number of nitrogen functional groups attached to an aromatic ring is 1. The minimum absolute atomic E-state index is 0.242. The number of anilines is 1. The first-order chi connectivity index (χ1) is 8.70. The summed E-state index contributed by atoms with van der Waals surface area (Å²) in [6.45, 7) is 0. The molecule has 0 radical (unpaired) electrons. The summed E-state index contributed by atoms with van der Waals surface area (Å²) in [5.41, 5.74) is 7.02. The molecule has 0 unspecified atom stereocenters. The quantitative estimate of drug-likeness (QED) is 0.744. The maximum Gasteiger partial charge on any atom is 0.304 e. The smallest absolute Gasteiger partial charge is 0.304 e. The van der Waals surface area contributed by atoms with Crippen LogP contribution in [-0.4, -0.2) is 43.1 Å². The zero-order chi connectivity index (χ0) is 14.6. The van der Waals surface area contributed by atoms with Crippen LogP contribution in [0.2, 0.25) is 0 Å². The average Bonchev–Trinajstić information content (AvgIpc) is 2.28. The molecule has 3 N–H and O–H groups in total. The highest BCUT2D eigenvalue weighted by molar-refractivity contribution is 7.88. The van der Waals surface area contributed by atoms with E-state index in [1.165, 1.54) is 7.05 Å². The van der Waals surface area contributed by atoms with Gasteiger partial charge >= 0.3 is 5.97 Å². The number of carboxylic acids is 1. The van der Waals surface area contributed by atoms with Gasteiger partial charge in [0.1, 0.15) is 0 Å². The van der Waals surface area contributed by atoms with E-state index in [0.29, 0.717) is 12.1 Å². The van der Waals surface area contributed by atoms with Crippen LogP contribution in [0.5, 0.6) is 0 Å². The number of carbonyl (C=O) groups is 1. The Hall–Kier alpha value is -1.60. The molecular formula is C12H18N2O4S. The maximum atomic E-state index is 11.5. The number of likely N-dealkylation sites (N-methyl/N-ethyl adjacent to an activating group) is 1. The summed E-state index contributed by atoms with van der Waals surface area (Å²) in [6, 6.07) is 6.32. The van der Waals surface area contributed by atoms with E-state index in [1.54, 1.807) is 24.3 Å². The molecule has 0 aromatic heterocycles. The molecular weight excluding hydrogens is 268 g/mol. The third-order valence-corrected chi connectivity index (χ3v) is 4.24. The molecule has 106 valence electrons. The van der Waals surface area contributed by atoms with Gasteiger partial charge in [-0.3, -0.25) is 4.79 Å². The van der Waals surface area contributed by atoms with Crippen LogP contribution in [0.15, 0.2) is 24.3 Å². The topological polar surface area (TPSA) is 101 Å². The van der Waals surface area contributed by atoms with Crippen molar-refractivity contribution in [1.82, 2.24) is 4.31 Å². The van der Waals surface area contributed by atoms with Crippen LogP contribution in [0.25, 0.3) is 0 Å². The lowest BCUT2D eigenvalue weighted by Gasteiger charge is -2.24. The van der Waals surface area contributed by atoms with Crippen molar-refractivity contribution in [3.05, 3.63) is 29.8 Å². The van der Waals surface area contributed by atoms with Crippen molar-refractivity contribution < 1.29 is 18.3 Å². The predicted octanol–water partition coefficient (Wildman–Crippen LogP) is 0.546. The zero-order valence-electron chi connectivity index (χ0n) is 10.9. The number of nitrogens with two attached hydrogens (primary N) is 1. The lowest BCUT2D eigenvalue weighted by molar-refractivity contribution is -0.137. The molecule has 0 bridgehead atoms. The van der Waals surface area contributed by atoms with E-state index in [-0.39, 0.29) is 6.42 Å². The zero-order valence-corrected chi connectivity index (χ0v) is 11.7. The van der Waals surface area contributed by atoms with Crippen molar-refractivity contribution in [1.29, 1.82) is 0 Å².